The predicted octanol–water partition coefficient (Wildman–Crippen LogP) is 3.17. The topological polar surface area (TPSA) is 87.3 Å². The van der Waals surface area contributed by atoms with Crippen molar-refractivity contribution in [3.8, 4) is 0 Å². The van der Waals surface area contributed by atoms with E-state index in [0.717, 1.165) is 12.1 Å². The van der Waals surface area contributed by atoms with Gasteiger partial charge in [-0.05, 0) is 36.8 Å². The molecule has 0 radical (unpaired) electrons. The normalized spacial score (nSPS) is 16.5. The van der Waals surface area contributed by atoms with Crippen molar-refractivity contribution in [2.75, 3.05) is 10.6 Å². The number of amides is 3. The SMILES string of the molecule is O=C(CC[C@H]1NC(=O)c2ccccc2NC1=O)Nc1cccc(C(F)(F)F)c1. The average Bonchev–Trinajstić information content (AvgIpc) is 2.76. The van der Waals surface area contributed by atoms with Crippen molar-refractivity contribution in [3.63, 3.8) is 0 Å². The van der Waals surface area contributed by atoms with Crippen LogP contribution in [-0.2, 0) is 15.8 Å². The second-order valence-corrected chi connectivity index (χ2v) is 6.23. The minimum absolute atomic E-state index is 0.00147. The lowest BCUT2D eigenvalue weighted by atomic mass is 10.1. The maximum absolute atomic E-state index is 12.7. The zero-order chi connectivity index (χ0) is 20.3. The summed E-state index contributed by atoms with van der Waals surface area (Å²) in [6, 6.07) is 9.81. The average molecular weight is 391 g/mol. The van der Waals surface area contributed by atoms with E-state index in [1.54, 1.807) is 24.3 Å². The molecule has 0 aliphatic carbocycles. The van der Waals surface area contributed by atoms with E-state index < -0.39 is 35.5 Å². The highest BCUT2D eigenvalue weighted by Crippen LogP contribution is 2.30. The number of hydrogen-bond acceptors (Lipinski definition) is 3. The van der Waals surface area contributed by atoms with Crippen LogP contribution in [0.4, 0.5) is 24.5 Å². The predicted molar refractivity (Wildman–Crippen MR) is 95.6 cm³/mol. The number of rotatable bonds is 4. The number of carbonyl (C=O) groups excluding carboxylic acids is 3. The Hall–Kier alpha value is -3.36. The van der Waals surface area contributed by atoms with E-state index in [4.69, 9.17) is 0 Å². The van der Waals surface area contributed by atoms with Crippen molar-refractivity contribution in [2.45, 2.75) is 25.1 Å². The van der Waals surface area contributed by atoms with Gasteiger partial charge in [0.05, 0.1) is 16.8 Å². The lowest BCUT2D eigenvalue weighted by molar-refractivity contribution is -0.137. The first kappa shape index (κ1) is 19.4. The number of fused-ring (bicyclic) bond motifs is 1. The molecule has 1 aliphatic heterocycles. The monoisotopic (exact) mass is 391 g/mol. The molecule has 28 heavy (non-hydrogen) atoms. The molecule has 2 aromatic rings. The van der Waals surface area contributed by atoms with E-state index in [0.29, 0.717) is 11.3 Å². The Kier molecular flexibility index (Phi) is 5.34. The minimum atomic E-state index is -4.52. The standard InChI is InChI=1S/C19H16F3N3O3/c20-19(21,22)11-4-3-5-12(10-11)23-16(26)9-8-15-18(28)24-14-7-2-1-6-13(14)17(27)25-15/h1-7,10,15H,8-9H2,(H,23,26)(H,24,28)(H,25,27)/t15-/m1/s1. The van der Waals surface area contributed by atoms with Crippen LogP contribution in [0, 0.1) is 0 Å². The number of hydrogen-bond donors (Lipinski definition) is 3. The third-order valence-electron chi connectivity index (χ3n) is 4.19. The van der Waals surface area contributed by atoms with Crippen LogP contribution in [-0.4, -0.2) is 23.8 Å². The molecular weight excluding hydrogens is 375 g/mol. The molecule has 3 amide bonds. The highest BCUT2D eigenvalue weighted by atomic mass is 19.4. The van der Waals surface area contributed by atoms with Gasteiger partial charge in [-0.1, -0.05) is 18.2 Å². The second kappa shape index (κ2) is 7.71. The van der Waals surface area contributed by atoms with Crippen LogP contribution in [0.15, 0.2) is 48.5 Å². The summed E-state index contributed by atoms with van der Waals surface area (Å²) < 4.78 is 38.2. The first-order valence-corrected chi connectivity index (χ1v) is 8.42. The first-order valence-electron chi connectivity index (χ1n) is 8.42. The van der Waals surface area contributed by atoms with Crippen molar-refractivity contribution in [3.05, 3.63) is 59.7 Å². The third-order valence-corrected chi connectivity index (χ3v) is 4.19. The Balaban J connectivity index is 1.61. The zero-order valence-electron chi connectivity index (χ0n) is 14.5. The summed E-state index contributed by atoms with van der Waals surface area (Å²) in [5.41, 5.74) is -0.187. The first-order chi connectivity index (χ1) is 13.2. The van der Waals surface area contributed by atoms with E-state index >= 15 is 0 Å². The van der Waals surface area contributed by atoms with Gasteiger partial charge in [-0.15, -0.1) is 0 Å². The molecule has 6 nitrogen and oxygen atoms in total. The molecule has 0 unspecified atom stereocenters. The van der Waals surface area contributed by atoms with Gasteiger partial charge in [-0.2, -0.15) is 13.2 Å². The fraction of sp³-hybridized carbons (Fsp3) is 0.211. The Morgan fingerprint density at radius 1 is 1.07 bits per heavy atom. The van der Waals surface area contributed by atoms with Crippen LogP contribution in [0.3, 0.4) is 0 Å². The van der Waals surface area contributed by atoms with E-state index in [9.17, 15) is 27.6 Å². The molecule has 2 aromatic carbocycles. The lowest BCUT2D eigenvalue weighted by Gasteiger charge is -2.14. The van der Waals surface area contributed by atoms with Gasteiger partial charge in [-0.25, -0.2) is 0 Å². The Labute approximate surface area is 158 Å². The molecule has 0 spiro atoms. The minimum Gasteiger partial charge on any atom is -0.340 e. The molecule has 0 bridgehead atoms. The van der Waals surface area contributed by atoms with Crippen molar-refractivity contribution in [2.24, 2.45) is 0 Å². The highest BCUT2D eigenvalue weighted by Gasteiger charge is 2.31. The van der Waals surface area contributed by atoms with Crippen LogP contribution < -0.4 is 16.0 Å². The number of halogens is 3. The van der Waals surface area contributed by atoms with Crippen LogP contribution >= 0.6 is 0 Å². The van der Waals surface area contributed by atoms with E-state index in [2.05, 4.69) is 16.0 Å². The van der Waals surface area contributed by atoms with Gasteiger partial charge < -0.3 is 16.0 Å². The van der Waals surface area contributed by atoms with Gasteiger partial charge >= 0.3 is 6.18 Å². The molecule has 146 valence electrons. The van der Waals surface area contributed by atoms with E-state index in [-0.39, 0.29) is 18.5 Å². The highest BCUT2D eigenvalue weighted by molar-refractivity contribution is 6.09. The van der Waals surface area contributed by atoms with Crippen LogP contribution in [0.2, 0.25) is 0 Å². The fourth-order valence-electron chi connectivity index (χ4n) is 2.79. The van der Waals surface area contributed by atoms with Gasteiger partial charge in [0.15, 0.2) is 0 Å². The van der Waals surface area contributed by atoms with E-state index in [1.165, 1.54) is 12.1 Å². The Morgan fingerprint density at radius 3 is 2.57 bits per heavy atom. The molecule has 0 aromatic heterocycles. The molecule has 0 saturated carbocycles. The summed E-state index contributed by atoms with van der Waals surface area (Å²) in [6.07, 6.45) is -4.68. The lowest BCUT2D eigenvalue weighted by Crippen LogP contribution is -2.41. The number of anilines is 2. The fourth-order valence-corrected chi connectivity index (χ4v) is 2.79. The number of nitrogens with one attached hydrogen (secondary N) is 3. The number of benzene rings is 2. The molecule has 0 fully saturated rings. The summed E-state index contributed by atoms with van der Waals surface area (Å²) in [5, 5.41) is 7.54. The van der Waals surface area contributed by atoms with Crippen LogP contribution in [0.5, 0.6) is 0 Å². The van der Waals surface area contributed by atoms with Crippen molar-refractivity contribution in [1.82, 2.24) is 5.32 Å². The molecule has 9 heteroatoms. The smallest absolute Gasteiger partial charge is 0.340 e. The molecule has 3 rings (SSSR count). The molecular formula is C19H16F3N3O3. The van der Waals surface area contributed by atoms with Gasteiger partial charge in [0.2, 0.25) is 11.8 Å². The second-order valence-electron chi connectivity index (χ2n) is 6.23. The molecule has 1 atom stereocenters. The Morgan fingerprint density at radius 2 is 1.82 bits per heavy atom. The van der Waals surface area contributed by atoms with Crippen LogP contribution in [0.1, 0.15) is 28.8 Å². The molecule has 1 heterocycles. The quantitative estimate of drug-likeness (QED) is 0.748. The zero-order valence-corrected chi connectivity index (χ0v) is 14.5. The maximum Gasteiger partial charge on any atom is 0.416 e. The molecule has 1 aliphatic rings. The number of carbonyl (C=O) groups is 3. The van der Waals surface area contributed by atoms with Gasteiger partial charge in [0.1, 0.15) is 6.04 Å². The largest absolute Gasteiger partial charge is 0.416 e. The van der Waals surface area contributed by atoms with Gasteiger partial charge in [0.25, 0.3) is 5.91 Å². The summed E-state index contributed by atoms with van der Waals surface area (Å²) in [4.78, 5) is 36.6. The maximum atomic E-state index is 12.7. The molecule has 3 N–H and O–H groups in total. The number of alkyl halides is 3. The van der Waals surface area contributed by atoms with Crippen molar-refractivity contribution >= 4 is 29.1 Å². The Bertz CT molecular complexity index is 928. The van der Waals surface area contributed by atoms with Gasteiger partial charge in [0, 0.05) is 12.1 Å². The van der Waals surface area contributed by atoms with Gasteiger partial charge in [-0.3, -0.25) is 14.4 Å². The summed E-state index contributed by atoms with van der Waals surface area (Å²) >= 11 is 0. The van der Waals surface area contributed by atoms with Crippen molar-refractivity contribution < 1.29 is 27.6 Å². The van der Waals surface area contributed by atoms with Crippen molar-refractivity contribution in [1.29, 1.82) is 0 Å². The van der Waals surface area contributed by atoms with E-state index in [1.807, 2.05) is 0 Å². The summed E-state index contributed by atoms with van der Waals surface area (Å²) in [5.74, 6) is -1.48. The third kappa shape index (κ3) is 4.48. The summed E-state index contributed by atoms with van der Waals surface area (Å²) in [7, 11) is 0. The molecule has 0 saturated heterocycles. The van der Waals surface area contributed by atoms with Crippen LogP contribution in [0.25, 0.3) is 0 Å². The number of para-hydroxylation sites is 1. The summed E-state index contributed by atoms with van der Waals surface area (Å²) in [6.45, 7) is 0.